The number of carbonyl (C=O) groups excluding carboxylic acids is 4. The maximum Gasteiger partial charge on any atom is 0.328 e. The first-order valence-corrected chi connectivity index (χ1v) is 11.5. The van der Waals surface area contributed by atoms with E-state index < -0.39 is 67.2 Å². The summed E-state index contributed by atoms with van der Waals surface area (Å²) in [4.78, 5) is 58.3. The Hall–Kier alpha value is -4.33. The average molecular weight is 555 g/mol. The van der Waals surface area contributed by atoms with Crippen LogP contribution in [0.4, 0.5) is 0 Å². The molecule has 5 atom stereocenters. The van der Waals surface area contributed by atoms with Crippen LogP contribution in [-0.2, 0) is 47.7 Å². The summed E-state index contributed by atoms with van der Waals surface area (Å²) in [5, 5.41) is 8.94. The van der Waals surface area contributed by atoms with Crippen molar-refractivity contribution in [2.45, 2.75) is 58.4 Å². The van der Waals surface area contributed by atoms with Gasteiger partial charge in [0.15, 0.2) is 23.7 Å². The highest BCUT2D eigenvalue weighted by Crippen LogP contribution is 2.41. The summed E-state index contributed by atoms with van der Waals surface area (Å²) >= 11 is 0. The van der Waals surface area contributed by atoms with E-state index in [1.54, 1.807) is 0 Å². The van der Waals surface area contributed by atoms with Crippen LogP contribution in [-0.4, -0.2) is 86.5 Å². The minimum Gasteiger partial charge on any atom is -0.493 e. The number of carboxylic acids is 1. The van der Waals surface area contributed by atoms with Crippen molar-refractivity contribution in [3.8, 4) is 17.2 Å². The second kappa shape index (κ2) is 14.0. The molecule has 39 heavy (non-hydrogen) atoms. The van der Waals surface area contributed by atoms with Crippen molar-refractivity contribution in [3.63, 3.8) is 0 Å². The van der Waals surface area contributed by atoms with Gasteiger partial charge in [-0.1, -0.05) is 0 Å². The van der Waals surface area contributed by atoms with E-state index in [0.29, 0.717) is 5.56 Å². The van der Waals surface area contributed by atoms with Gasteiger partial charge in [-0.05, 0) is 23.8 Å². The first kappa shape index (κ1) is 30.9. The Morgan fingerprint density at radius 3 is 1.79 bits per heavy atom. The molecule has 0 bridgehead atoms. The zero-order valence-corrected chi connectivity index (χ0v) is 22.2. The molecule has 0 saturated carbocycles. The van der Waals surface area contributed by atoms with Gasteiger partial charge in [0.25, 0.3) is 0 Å². The highest BCUT2D eigenvalue weighted by Gasteiger charge is 2.53. The molecule has 1 aliphatic rings. The summed E-state index contributed by atoms with van der Waals surface area (Å²) in [6, 6.07) is 2.89. The van der Waals surface area contributed by atoms with Crippen molar-refractivity contribution in [2.75, 3.05) is 20.8 Å². The molecule has 1 aromatic carbocycles. The van der Waals surface area contributed by atoms with Crippen molar-refractivity contribution < 1.29 is 67.0 Å². The van der Waals surface area contributed by atoms with Crippen molar-refractivity contribution in [2.24, 2.45) is 0 Å². The molecule has 0 spiro atoms. The first-order valence-electron chi connectivity index (χ1n) is 11.5. The summed E-state index contributed by atoms with van der Waals surface area (Å²) < 4.78 is 43.9. The molecule has 2 rings (SSSR count). The Morgan fingerprint density at radius 1 is 0.821 bits per heavy atom. The first-order chi connectivity index (χ1) is 18.4. The summed E-state index contributed by atoms with van der Waals surface area (Å²) in [5.41, 5.74) is 0.389. The maximum absolute atomic E-state index is 12.0. The highest BCUT2D eigenvalue weighted by atomic mass is 16.7. The molecule has 1 N–H and O–H groups in total. The molecule has 1 heterocycles. The Balaban J connectivity index is 2.62. The van der Waals surface area contributed by atoms with Crippen molar-refractivity contribution >= 4 is 35.9 Å². The molecular formula is C25H30O14. The van der Waals surface area contributed by atoms with E-state index in [1.165, 1.54) is 32.4 Å². The van der Waals surface area contributed by atoms with Gasteiger partial charge in [0.05, 0.1) is 14.2 Å². The van der Waals surface area contributed by atoms with Gasteiger partial charge in [-0.2, -0.15) is 0 Å². The van der Waals surface area contributed by atoms with Gasteiger partial charge >= 0.3 is 29.8 Å². The summed E-state index contributed by atoms with van der Waals surface area (Å²) in [6.07, 6.45) is -4.83. The third-order valence-electron chi connectivity index (χ3n) is 5.08. The molecule has 0 aliphatic carbocycles. The number of benzene rings is 1. The topological polar surface area (TPSA) is 179 Å². The molecular weight excluding hydrogens is 524 g/mol. The Bertz CT molecular complexity index is 1080. The van der Waals surface area contributed by atoms with Gasteiger partial charge in [0, 0.05) is 33.8 Å². The maximum atomic E-state index is 12.0. The van der Waals surface area contributed by atoms with Crippen LogP contribution in [0.15, 0.2) is 18.2 Å². The fraction of sp³-hybridized carbons (Fsp3) is 0.480. The van der Waals surface area contributed by atoms with Gasteiger partial charge in [-0.3, -0.25) is 19.2 Å². The quantitative estimate of drug-likeness (QED) is 0.235. The van der Waals surface area contributed by atoms with E-state index in [9.17, 15) is 24.0 Å². The molecule has 14 nitrogen and oxygen atoms in total. The van der Waals surface area contributed by atoms with Crippen LogP contribution in [0.5, 0.6) is 17.2 Å². The number of ether oxygens (including phenoxy) is 8. The van der Waals surface area contributed by atoms with Crippen LogP contribution in [0, 0.1) is 0 Å². The summed E-state index contributed by atoms with van der Waals surface area (Å²) in [7, 11) is 2.64. The predicted molar refractivity (Wildman–Crippen MR) is 129 cm³/mol. The van der Waals surface area contributed by atoms with Crippen LogP contribution >= 0.6 is 0 Å². The van der Waals surface area contributed by atoms with Crippen LogP contribution in [0.1, 0.15) is 33.3 Å². The third-order valence-corrected chi connectivity index (χ3v) is 5.08. The predicted octanol–water partition coefficient (Wildman–Crippen LogP) is 1.26. The SMILES string of the molecule is COc1cc(/C=C/C(=O)O)cc(OC)c1O[C@H]1O[C@H](COC(C)=O)[C@@H](OC(C)=O)[C@H](OC(C)=O)[C@@H]1OC(C)=O. The number of aliphatic carboxylic acids is 1. The molecule has 14 heteroatoms. The van der Waals surface area contributed by atoms with E-state index in [1.807, 2.05) is 0 Å². The third kappa shape index (κ3) is 8.88. The largest absolute Gasteiger partial charge is 0.493 e. The standard InChI is InChI=1S/C25H30O14/c1-12(26)34-11-19-22(35-13(2)27)23(36-14(3)28)24(37-15(4)29)25(38-19)39-21-17(32-5)9-16(7-8-20(30)31)10-18(21)33-6/h7-10,19,22-25H,11H2,1-6H3,(H,30,31)/b8-7+/t19-,22-,23+,24+,25-/m1/s1. The molecule has 1 aromatic rings. The Labute approximate surface area is 223 Å². The lowest BCUT2D eigenvalue weighted by molar-refractivity contribution is -0.288. The lowest BCUT2D eigenvalue weighted by Crippen LogP contribution is -2.63. The minimum absolute atomic E-state index is 0.0478. The van der Waals surface area contributed by atoms with E-state index in [0.717, 1.165) is 33.8 Å². The molecule has 0 unspecified atom stereocenters. The smallest absolute Gasteiger partial charge is 0.328 e. The zero-order valence-electron chi connectivity index (χ0n) is 22.2. The molecule has 1 aliphatic heterocycles. The number of esters is 4. The molecule has 1 fully saturated rings. The Morgan fingerprint density at radius 2 is 1.33 bits per heavy atom. The van der Waals surface area contributed by atoms with Crippen LogP contribution in [0.25, 0.3) is 6.08 Å². The average Bonchev–Trinajstić information content (AvgIpc) is 2.84. The second-order valence-corrected chi connectivity index (χ2v) is 8.11. The zero-order chi connectivity index (χ0) is 29.3. The second-order valence-electron chi connectivity index (χ2n) is 8.11. The number of hydrogen-bond acceptors (Lipinski definition) is 13. The van der Waals surface area contributed by atoms with Gasteiger partial charge in [-0.15, -0.1) is 0 Å². The van der Waals surface area contributed by atoms with E-state index in [2.05, 4.69) is 0 Å². The van der Waals surface area contributed by atoms with Crippen LogP contribution < -0.4 is 14.2 Å². The van der Waals surface area contributed by atoms with E-state index in [4.69, 9.17) is 43.0 Å². The van der Waals surface area contributed by atoms with Crippen LogP contribution in [0.2, 0.25) is 0 Å². The molecule has 0 aromatic heterocycles. The number of hydrogen-bond donors (Lipinski definition) is 1. The van der Waals surface area contributed by atoms with Gasteiger partial charge in [-0.25, -0.2) is 4.79 Å². The minimum atomic E-state index is -1.53. The molecule has 1 saturated heterocycles. The fourth-order valence-electron chi connectivity index (χ4n) is 3.68. The van der Waals surface area contributed by atoms with Crippen molar-refractivity contribution in [1.29, 1.82) is 0 Å². The number of carbonyl (C=O) groups is 5. The number of methoxy groups -OCH3 is 2. The lowest BCUT2D eigenvalue weighted by atomic mass is 9.98. The summed E-state index contributed by atoms with van der Waals surface area (Å²) in [6.45, 7) is 4.01. The molecule has 0 radical (unpaired) electrons. The van der Waals surface area contributed by atoms with E-state index in [-0.39, 0.29) is 17.2 Å². The molecule has 0 amide bonds. The number of rotatable bonds is 11. The van der Waals surface area contributed by atoms with Gasteiger partial charge < -0.3 is 43.0 Å². The van der Waals surface area contributed by atoms with Crippen molar-refractivity contribution in [3.05, 3.63) is 23.8 Å². The monoisotopic (exact) mass is 554 g/mol. The molecule has 214 valence electrons. The van der Waals surface area contributed by atoms with Gasteiger partial charge in [0.1, 0.15) is 12.7 Å². The lowest BCUT2D eigenvalue weighted by Gasteiger charge is -2.44. The normalized spacial score (nSPS) is 22.4. The number of carboxylic acid groups (broad SMARTS) is 1. The fourth-order valence-corrected chi connectivity index (χ4v) is 3.68. The highest BCUT2D eigenvalue weighted by molar-refractivity contribution is 5.85. The van der Waals surface area contributed by atoms with Crippen molar-refractivity contribution in [1.82, 2.24) is 0 Å². The van der Waals surface area contributed by atoms with Gasteiger partial charge in [0.2, 0.25) is 18.1 Å². The Kier molecular flexibility index (Phi) is 11.1. The van der Waals surface area contributed by atoms with E-state index >= 15 is 0 Å². The summed E-state index contributed by atoms with van der Waals surface area (Å²) in [5.74, 6) is -4.12. The van der Waals surface area contributed by atoms with Crippen LogP contribution in [0.3, 0.4) is 0 Å².